The first kappa shape index (κ1) is 19.0. The number of fused-ring (bicyclic) bond motifs is 1. The lowest BCUT2D eigenvalue weighted by Gasteiger charge is -2.20. The van der Waals surface area contributed by atoms with E-state index < -0.39 is 39.0 Å². The van der Waals surface area contributed by atoms with Crippen LogP contribution in [0.1, 0.15) is 20.7 Å². The van der Waals surface area contributed by atoms with Gasteiger partial charge in [0.2, 0.25) is 0 Å². The van der Waals surface area contributed by atoms with Crippen molar-refractivity contribution < 1.29 is 43.0 Å². The summed E-state index contributed by atoms with van der Waals surface area (Å²) in [5.74, 6) is -1.05. The number of hydrogen-bond acceptors (Lipinski definition) is 5. The average molecular weight is 379 g/mol. The number of benzene rings is 1. The van der Waals surface area contributed by atoms with E-state index >= 15 is 0 Å². The van der Waals surface area contributed by atoms with Gasteiger partial charge in [-0.3, -0.25) is 23.6 Å². The topological polar surface area (TPSA) is 162 Å². The van der Waals surface area contributed by atoms with Crippen LogP contribution in [0.2, 0.25) is 0 Å². The van der Waals surface area contributed by atoms with Gasteiger partial charge in [-0.2, -0.15) is 0 Å². The monoisotopic (exact) mass is 379 g/mol. The summed E-state index contributed by atoms with van der Waals surface area (Å²) in [6.07, 6.45) is 0. The van der Waals surface area contributed by atoms with Crippen molar-refractivity contribution in [1.29, 1.82) is 0 Å². The molecule has 1 aliphatic heterocycles. The Morgan fingerprint density at radius 2 is 1.42 bits per heavy atom. The molecule has 0 fully saturated rings. The molecule has 132 valence electrons. The highest BCUT2D eigenvalue weighted by atomic mass is 31.2. The van der Waals surface area contributed by atoms with Crippen LogP contribution in [-0.4, -0.2) is 61.4 Å². The van der Waals surface area contributed by atoms with E-state index in [2.05, 4.69) is 0 Å². The highest BCUT2D eigenvalue weighted by molar-refractivity contribution is 7.70. The van der Waals surface area contributed by atoms with E-state index in [4.69, 9.17) is 24.3 Å². The second kappa shape index (κ2) is 6.85. The first-order valence-corrected chi connectivity index (χ1v) is 10.0. The Bertz CT molecular complexity index is 696. The van der Waals surface area contributed by atoms with Crippen molar-refractivity contribution in [2.45, 2.75) is 5.40 Å². The van der Waals surface area contributed by atoms with Crippen LogP contribution in [0.3, 0.4) is 0 Å². The van der Waals surface area contributed by atoms with E-state index in [0.29, 0.717) is 0 Å². The quantitative estimate of drug-likeness (QED) is 0.290. The predicted molar refractivity (Wildman–Crippen MR) is 80.5 cm³/mol. The molecule has 4 N–H and O–H groups in total. The molecule has 0 bridgehead atoms. The van der Waals surface area contributed by atoms with Crippen molar-refractivity contribution in [2.75, 3.05) is 19.8 Å². The number of imide groups is 1. The van der Waals surface area contributed by atoms with Gasteiger partial charge in [-0.1, -0.05) is 12.1 Å². The number of carbonyl (C=O) groups is 2. The van der Waals surface area contributed by atoms with Crippen molar-refractivity contribution in [2.24, 2.45) is 0 Å². The number of rotatable bonds is 7. The predicted octanol–water partition coefficient (Wildman–Crippen LogP) is -0.0193. The van der Waals surface area contributed by atoms with Gasteiger partial charge in [0.1, 0.15) is 0 Å². The third-order valence-electron chi connectivity index (χ3n) is 3.38. The zero-order chi connectivity index (χ0) is 18.1. The van der Waals surface area contributed by atoms with Crippen molar-refractivity contribution >= 4 is 27.0 Å². The number of hydrogen-bond donors (Lipinski definition) is 4. The lowest BCUT2D eigenvalue weighted by molar-refractivity contribution is 0.0564. The summed E-state index contributed by atoms with van der Waals surface area (Å²) in [6.45, 7) is -1.43. The van der Waals surface area contributed by atoms with Crippen LogP contribution in [0, 0.1) is 0 Å². The van der Waals surface area contributed by atoms with Gasteiger partial charge in [0.05, 0.1) is 30.9 Å². The molecule has 1 aromatic carbocycles. The molecule has 1 aliphatic rings. The highest BCUT2D eigenvalue weighted by Gasteiger charge is 2.43. The van der Waals surface area contributed by atoms with Gasteiger partial charge < -0.3 is 24.3 Å². The van der Waals surface area contributed by atoms with E-state index in [-0.39, 0.29) is 24.3 Å². The molecule has 10 nitrogen and oxygen atoms in total. The highest BCUT2D eigenvalue weighted by Crippen LogP contribution is 2.59. The third-order valence-corrected chi connectivity index (χ3v) is 7.04. The summed E-state index contributed by atoms with van der Waals surface area (Å²) in [7, 11) is -10.1. The van der Waals surface area contributed by atoms with Crippen LogP contribution >= 0.6 is 15.2 Å². The maximum absolute atomic E-state index is 12.1. The standard InChI is InChI=1S/C12H15NO9P2/c14-11-8-3-1-2-4-9(8)12(15)13(11)5-6-22-7-10(23(16,17)18)24(19,20)21/h1-4,10H,5-7H2,(H2,16,17,18)(H2,19,20,21). The zero-order valence-electron chi connectivity index (χ0n) is 12.2. The largest absolute Gasteiger partial charge is 0.378 e. The van der Waals surface area contributed by atoms with E-state index in [1.807, 2.05) is 0 Å². The van der Waals surface area contributed by atoms with Gasteiger partial charge in [-0.25, -0.2) is 0 Å². The molecule has 24 heavy (non-hydrogen) atoms. The van der Waals surface area contributed by atoms with Gasteiger partial charge in [0, 0.05) is 0 Å². The van der Waals surface area contributed by atoms with Crippen LogP contribution in [0.4, 0.5) is 0 Å². The molecule has 12 heteroatoms. The molecular weight excluding hydrogens is 364 g/mol. The van der Waals surface area contributed by atoms with E-state index in [1.54, 1.807) is 12.1 Å². The Kier molecular flexibility index (Phi) is 5.41. The van der Waals surface area contributed by atoms with Crippen molar-refractivity contribution in [3.8, 4) is 0 Å². The molecule has 0 saturated carbocycles. The van der Waals surface area contributed by atoms with E-state index in [0.717, 1.165) is 4.90 Å². The minimum absolute atomic E-state index is 0.207. The molecule has 0 unspecified atom stereocenters. The van der Waals surface area contributed by atoms with Crippen LogP contribution < -0.4 is 0 Å². The summed E-state index contributed by atoms with van der Waals surface area (Å²) < 4.78 is 27.0. The molecule has 1 heterocycles. The third kappa shape index (κ3) is 3.99. The second-order valence-electron chi connectivity index (χ2n) is 5.04. The Balaban J connectivity index is 1.94. The van der Waals surface area contributed by atoms with Gasteiger partial charge in [0.15, 0.2) is 5.40 Å². The van der Waals surface area contributed by atoms with Gasteiger partial charge in [-0.15, -0.1) is 0 Å². The van der Waals surface area contributed by atoms with Gasteiger partial charge in [0.25, 0.3) is 11.8 Å². The van der Waals surface area contributed by atoms with Crippen LogP contribution in [0.5, 0.6) is 0 Å². The molecule has 2 rings (SSSR count). The maximum atomic E-state index is 12.1. The molecule has 1 aromatic rings. The van der Waals surface area contributed by atoms with Crippen molar-refractivity contribution in [3.63, 3.8) is 0 Å². The number of ether oxygens (including phenoxy) is 1. The Morgan fingerprint density at radius 1 is 0.958 bits per heavy atom. The number of nitrogens with zero attached hydrogens (tertiary/aromatic N) is 1. The lowest BCUT2D eigenvalue weighted by atomic mass is 10.1. The minimum Gasteiger partial charge on any atom is -0.378 e. The number of amides is 2. The summed E-state index contributed by atoms with van der Waals surface area (Å²) in [4.78, 5) is 60.8. The van der Waals surface area contributed by atoms with E-state index in [1.165, 1.54) is 12.1 Å². The lowest BCUT2D eigenvalue weighted by Crippen LogP contribution is -2.33. The fraction of sp³-hybridized carbons (Fsp3) is 0.333. The molecule has 0 spiro atoms. The van der Waals surface area contributed by atoms with E-state index in [9.17, 15) is 18.7 Å². The van der Waals surface area contributed by atoms with Gasteiger partial charge >= 0.3 is 15.2 Å². The molecule has 2 amide bonds. The smallest absolute Gasteiger partial charge is 0.343 e. The first-order chi connectivity index (χ1) is 11.0. The van der Waals surface area contributed by atoms with Crippen LogP contribution in [-0.2, 0) is 13.9 Å². The Hall–Kier alpha value is -1.38. The normalized spacial score (nSPS) is 15.3. The fourth-order valence-electron chi connectivity index (χ4n) is 2.18. The SMILES string of the molecule is O=C1c2ccccc2C(=O)N1CCOCC(P(=O)(O)O)P(=O)(O)O. The maximum Gasteiger partial charge on any atom is 0.343 e. The zero-order valence-corrected chi connectivity index (χ0v) is 14.0. The number of carbonyl (C=O) groups excluding carboxylic acids is 2. The average Bonchev–Trinajstić information content (AvgIpc) is 2.69. The fourth-order valence-corrected chi connectivity index (χ4v) is 4.34. The van der Waals surface area contributed by atoms with Crippen LogP contribution in [0.25, 0.3) is 0 Å². The minimum atomic E-state index is -5.07. The summed E-state index contributed by atoms with van der Waals surface area (Å²) >= 11 is 0. The van der Waals surface area contributed by atoms with Crippen molar-refractivity contribution in [1.82, 2.24) is 4.90 Å². The molecule has 0 aromatic heterocycles. The molecular formula is C12H15NO9P2. The molecule has 0 radical (unpaired) electrons. The van der Waals surface area contributed by atoms with Crippen LogP contribution in [0.15, 0.2) is 24.3 Å². The molecule has 0 atom stereocenters. The molecule has 0 saturated heterocycles. The molecule has 0 aliphatic carbocycles. The second-order valence-corrected chi connectivity index (χ2v) is 9.05. The summed E-state index contributed by atoms with van der Waals surface area (Å²) in [5.41, 5.74) is 0.483. The summed E-state index contributed by atoms with van der Waals surface area (Å²) in [5, 5.41) is -2.29. The Labute approximate surface area is 136 Å². The first-order valence-electron chi connectivity index (χ1n) is 6.67. The van der Waals surface area contributed by atoms with Gasteiger partial charge in [-0.05, 0) is 12.1 Å². The Morgan fingerprint density at radius 3 is 1.83 bits per heavy atom. The van der Waals surface area contributed by atoms with Crippen molar-refractivity contribution in [3.05, 3.63) is 35.4 Å². The summed E-state index contributed by atoms with van der Waals surface area (Å²) in [6, 6.07) is 6.20.